The molecule has 2 N–H and O–H groups in total. The number of thioether (sulfide) groups is 1. The molecule has 7 nitrogen and oxygen atoms in total. The van der Waals surface area contributed by atoms with Crippen LogP contribution in [0.4, 0.5) is 4.79 Å². The fraction of sp³-hybridized carbons (Fsp3) is 0.393. The topological polar surface area (TPSA) is 95.9 Å². The number of carbonyl (C=O) groups excluding carboxylic acids is 2. The zero-order valence-corrected chi connectivity index (χ0v) is 21.3. The first-order valence-electron chi connectivity index (χ1n) is 12.4. The van der Waals surface area contributed by atoms with Crippen LogP contribution in [0.15, 0.2) is 60.3 Å². The maximum atomic E-state index is 12.6. The number of carboxylic acid groups (broad SMARTS) is 1. The van der Waals surface area contributed by atoms with E-state index < -0.39 is 18.1 Å². The minimum Gasteiger partial charge on any atom is -0.480 e. The molecule has 1 unspecified atom stereocenters. The highest BCUT2D eigenvalue weighted by Crippen LogP contribution is 2.44. The third-order valence-corrected chi connectivity index (χ3v) is 7.67. The van der Waals surface area contributed by atoms with Crippen LogP contribution in [0, 0.1) is 0 Å². The van der Waals surface area contributed by atoms with Crippen molar-refractivity contribution in [2.45, 2.75) is 44.6 Å². The number of carboxylic acids is 1. The maximum absolute atomic E-state index is 12.6. The molecule has 1 atom stereocenters. The predicted octanol–water partition coefficient (Wildman–Crippen LogP) is 5.02. The van der Waals surface area contributed by atoms with E-state index in [9.17, 15) is 19.5 Å². The van der Waals surface area contributed by atoms with Gasteiger partial charge in [-0.3, -0.25) is 4.79 Å². The highest BCUT2D eigenvalue weighted by atomic mass is 32.2. The first kappa shape index (κ1) is 25.8. The number of fused-ring (bicyclic) bond motifs is 3. The lowest BCUT2D eigenvalue weighted by Gasteiger charge is -2.22. The van der Waals surface area contributed by atoms with Crippen LogP contribution in [0.25, 0.3) is 11.1 Å². The number of hydrogen-bond donors (Lipinski definition) is 2. The summed E-state index contributed by atoms with van der Waals surface area (Å²) >= 11 is 1.38. The molecule has 190 valence electrons. The Morgan fingerprint density at radius 3 is 2.36 bits per heavy atom. The minimum absolute atomic E-state index is 0.0343. The van der Waals surface area contributed by atoms with Crippen LogP contribution in [0.3, 0.4) is 0 Å². The average Bonchev–Trinajstić information content (AvgIpc) is 3.52. The average molecular weight is 509 g/mol. The molecule has 0 radical (unpaired) electrons. The number of nitrogens with one attached hydrogen (secondary N) is 1. The predicted molar refractivity (Wildman–Crippen MR) is 141 cm³/mol. The van der Waals surface area contributed by atoms with Gasteiger partial charge in [0.05, 0.1) is 5.75 Å². The highest BCUT2D eigenvalue weighted by molar-refractivity contribution is 7.99. The smallest absolute Gasteiger partial charge is 0.407 e. The van der Waals surface area contributed by atoms with E-state index in [1.54, 1.807) is 0 Å². The zero-order chi connectivity index (χ0) is 25.5. The van der Waals surface area contributed by atoms with Gasteiger partial charge in [-0.25, -0.2) is 9.59 Å². The number of rotatable bonds is 11. The molecule has 2 aromatic rings. The number of benzene rings is 2. The molecule has 2 aliphatic carbocycles. The van der Waals surface area contributed by atoms with Crippen molar-refractivity contribution in [2.75, 3.05) is 24.7 Å². The Labute approximate surface area is 215 Å². The van der Waals surface area contributed by atoms with E-state index in [0.29, 0.717) is 12.3 Å². The molecule has 0 saturated heterocycles. The van der Waals surface area contributed by atoms with Gasteiger partial charge in [-0.05, 0) is 60.6 Å². The van der Waals surface area contributed by atoms with Crippen LogP contribution in [-0.2, 0) is 14.3 Å². The molecule has 0 saturated carbocycles. The van der Waals surface area contributed by atoms with Crippen LogP contribution in [0.5, 0.6) is 0 Å². The lowest BCUT2D eigenvalue weighted by atomic mass is 9.98. The standard InChI is InChI=1S/C28H32N2O5S/c1-2-30(19-9-3-4-10-19)26(31)18-36-16-15-25(27(32)33)29-28(34)35-17-24-22-13-7-5-11-20(22)21-12-6-8-14-23(21)24/h5-9,11-14,24-25H,2-4,10,15-18H2,1H3,(H,29,34)(H,32,33). The number of amides is 2. The Morgan fingerprint density at radius 1 is 1.11 bits per heavy atom. The molecule has 2 amide bonds. The molecule has 0 aromatic heterocycles. The van der Waals surface area contributed by atoms with Gasteiger partial charge in [0.25, 0.3) is 0 Å². The van der Waals surface area contributed by atoms with Gasteiger partial charge < -0.3 is 20.1 Å². The van der Waals surface area contributed by atoms with Crippen molar-refractivity contribution >= 4 is 29.7 Å². The van der Waals surface area contributed by atoms with Gasteiger partial charge in [-0.2, -0.15) is 11.8 Å². The summed E-state index contributed by atoms with van der Waals surface area (Å²) < 4.78 is 5.48. The van der Waals surface area contributed by atoms with E-state index >= 15 is 0 Å². The summed E-state index contributed by atoms with van der Waals surface area (Å²) in [4.78, 5) is 38.6. The monoisotopic (exact) mass is 508 g/mol. The second-order valence-corrected chi connectivity index (χ2v) is 10.0. The van der Waals surface area contributed by atoms with Crippen LogP contribution in [0.2, 0.25) is 0 Å². The summed E-state index contributed by atoms with van der Waals surface area (Å²) in [6, 6.07) is 15.0. The molecule has 0 aliphatic heterocycles. The van der Waals surface area contributed by atoms with E-state index in [1.807, 2.05) is 48.2 Å². The van der Waals surface area contributed by atoms with Crippen molar-refractivity contribution in [3.63, 3.8) is 0 Å². The van der Waals surface area contributed by atoms with E-state index in [0.717, 1.165) is 47.2 Å². The number of aliphatic carboxylic acids is 1. The molecule has 0 spiro atoms. The summed E-state index contributed by atoms with van der Waals surface area (Å²) in [5.41, 5.74) is 5.53. The van der Waals surface area contributed by atoms with Gasteiger partial charge in [0.2, 0.25) is 5.91 Å². The number of allylic oxidation sites excluding steroid dienone is 2. The molecule has 0 bridgehead atoms. The van der Waals surface area contributed by atoms with Gasteiger partial charge in [0, 0.05) is 18.2 Å². The van der Waals surface area contributed by atoms with Gasteiger partial charge in [0.1, 0.15) is 12.6 Å². The van der Waals surface area contributed by atoms with E-state index in [1.165, 1.54) is 11.8 Å². The second kappa shape index (κ2) is 12.1. The molecule has 2 aromatic carbocycles. The second-order valence-electron chi connectivity index (χ2n) is 8.93. The molecule has 0 fully saturated rings. The Balaban J connectivity index is 1.25. The summed E-state index contributed by atoms with van der Waals surface area (Å²) in [7, 11) is 0. The fourth-order valence-electron chi connectivity index (χ4n) is 4.92. The molecule has 36 heavy (non-hydrogen) atoms. The van der Waals surface area contributed by atoms with Crippen molar-refractivity contribution < 1.29 is 24.2 Å². The van der Waals surface area contributed by atoms with Gasteiger partial charge >= 0.3 is 12.1 Å². The van der Waals surface area contributed by atoms with E-state index in [4.69, 9.17) is 4.74 Å². The summed E-state index contributed by atoms with van der Waals surface area (Å²) in [5.74, 6) is -0.468. The van der Waals surface area contributed by atoms with Crippen molar-refractivity contribution in [3.05, 3.63) is 71.4 Å². The fourth-order valence-corrected chi connectivity index (χ4v) is 5.79. The summed E-state index contributed by atoms with van der Waals surface area (Å²) in [6.07, 6.45) is 4.57. The van der Waals surface area contributed by atoms with E-state index in [2.05, 4.69) is 23.5 Å². The summed E-state index contributed by atoms with van der Waals surface area (Å²) in [5, 5.41) is 12.1. The first-order valence-corrected chi connectivity index (χ1v) is 13.6. The Bertz CT molecular complexity index is 1100. The largest absolute Gasteiger partial charge is 0.480 e. The normalized spacial score (nSPS) is 15.0. The molecule has 2 aliphatic rings. The SMILES string of the molecule is CCN(C(=O)CSCCC(NC(=O)OCC1c2ccccc2-c2ccccc21)C(=O)O)C1=CCCC1. The number of carbonyl (C=O) groups is 3. The Hall–Kier alpha value is -3.26. The number of alkyl carbamates (subject to hydrolysis) is 1. The maximum Gasteiger partial charge on any atom is 0.407 e. The molecule has 4 rings (SSSR count). The van der Waals surface area contributed by atoms with Crippen molar-refractivity contribution in [2.24, 2.45) is 0 Å². The number of hydrogen-bond acceptors (Lipinski definition) is 5. The zero-order valence-electron chi connectivity index (χ0n) is 20.4. The summed E-state index contributed by atoms with van der Waals surface area (Å²) in [6.45, 7) is 2.71. The van der Waals surface area contributed by atoms with Crippen molar-refractivity contribution in [1.29, 1.82) is 0 Å². The van der Waals surface area contributed by atoms with E-state index in [-0.39, 0.29) is 30.6 Å². The quantitative estimate of drug-likeness (QED) is 0.414. The third-order valence-electron chi connectivity index (χ3n) is 6.69. The van der Waals surface area contributed by atoms with Gasteiger partial charge in [-0.1, -0.05) is 54.6 Å². The lowest BCUT2D eigenvalue weighted by Crippen LogP contribution is -2.42. The van der Waals surface area contributed by atoms with Crippen LogP contribution in [-0.4, -0.2) is 58.7 Å². The number of nitrogens with zero attached hydrogens (tertiary/aromatic N) is 1. The highest BCUT2D eigenvalue weighted by Gasteiger charge is 2.29. The van der Waals surface area contributed by atoms with Gasteiger partial charge in [-0.15, -0.1) is 0 Å². The van der Waals surface area contributed by atoms with Gasteiger partial charge in [0.15, 0.2) is 0 Å². The van der Waals surface area contributed by atoms with Crippen molar-refractivity contribution in [1.82, 2.24) is 10.2 Å². The molecule has 0 heterocycles. The lowest BCUT2D eigenvalue weighted by molar-refractivity contribution is -0.139. The molecular weight excluding hydrogens is 476 g/mol. The van der Waals surface area contributed by atoms with Crippen molar-refractivity contribution in [3.8, 4) is 11.1 Å². The minimum atomic E-state index is -1.12. The van der Waals surface area contributed by atoms with Crippen LogP contribution < -0.4 is 5.32 Å². The molecule has 8 heteroatoms. The number of ether oxygens (including phenoxy) is 1. The third kappa shape index (κ3) is 5.93. The van der Waals surface area contributed by atoms with Crippen LogP contribution in [0.1, 0.15) is 49.7 Å². The first-order chi connectivity index (χ1) is 17.5. The van der Waals surface area contributed by atoms with Crippen LogP contribution >= 0.6 is 11.8 Å². The Kier molecular flexibility index (Phi) is 8.70. The molecular formula is C28H32N2O5S. The Morgan fingerprint density at radius 2 is 1.78 bits per heavy atom.